The molecular weight excluding hydrogens is 361 g/mol. The second-order valence-electron chi connectivity index (χ2n) is 9.27. The molecule has 5 nitrogen and oxygen atoms in total. The molecule has 154 valence electrons. The first-order valence-corrected chi connectivity index (χ1v) is 9.46. The van der Waals surface area contributed by atoms with Crippen molar-refractivity contribution in [3.63, 3.8) is 0 Å². The van der Waals surface area contributed by atoms with Crippen LogP contribution in [0.25, 0.3) is 5.57 Å². The van der Waals surface area contributed by atoms with Crippen LogP contribution in [0.1, 0.15) is 47.1 Å². The number of carbonyl (C=O) groups is 2. The van der Waals surface area contributed by atoms with Gasteiger partial charge in [-0.3, -0.25) is 4.79 Å². The monoisotopic (exact) mass is 391 g/mol. The summed E-state index contributed by atoms with van der Waals surface area (Å²) in [6.45, 7) is 12.1. The molecule has 6 heteroatoms. The molecule has 1 aliphatic heterocycles. The Morgan fingerprint density at radius 2 is 1.71 bits per heavy atom. The highest BCUT2D eigenvalue weighted by molar-refractivity contribution is 5.90. The smallest absolute Gasteiger partial charge is 0.410 e. The van der Waals surface area contributed by atoms with Gasteiger partial charge in [-0.25, -0.2) is 9.18 Å². The first-order valence-electron chi connectivity index (χ1n) is 9.46. The van der Waals surface area contributed by atoms with Crippen LogP contribution in [0.2, 0.25) is 0 Å². The Balaban J connectivity index is 2.26. The van der Waals surface area contributed by atoms with Crippen molar-refractivity contribution in [2.75, 3.05) is 19.7 Å². The lowest BCUT2D eigenvalue weighted by atomic mass is 9.89. The fraction of sp³-hybridized carbons (Fsp3) is 0.545. The molecule has 2 rings (SSSR count). The van der Waals surface area contributed by atoms with Gasteiger partial charge in [0.25, 0.3) is 0 Å². The minimum Gasteiger partial charge on any atom is -0.465 e. The van der Waals surface area contributed by atoms with Crippen molar-refractivity contribution >= 4 is 17.6 Å². The Morgan fingerprint density at radius 3 is 2.25 bits per heavy atom. The van der Waals surface area contributed by atoms with Crippen molar-refractivity contribution in [2.45, 2.75) is 47.1 Å². The van der Waals surface area contributed by atoms with E-state index in [1.807, 2.05) is 26.8 Å². The first-order chi connectivity index (χ1) is 12.9. The zero-order valence-electron chi connectivity index (χ0n) is 17.5. The van der Waals surface area contributed by atoms with Gasteiger partial charge >= 0.3 is 12.1 Å². The zero-order chi connectivity index (χ0) is 21.1. The summed E-state index contributed by atoms with van der Waals surface area (Å²) in [6, 6.07) is 5.98. The number of esters is 1. The van der Waals surface area contributed by atoms with E-state index in [0.29, 0.717) is 6.54 Å². The number of benzene rings is 1. The topological polar surface area (TPSA) is 55.8 Å². The molecule has 0 aromatic heterocycles. The molecule has 0 saturated heterocycles. The third-order valence-electron chi connectivity index (χ3n) is 4.07. The van der Waals surface area contributed by atoms with Gasteiger partial charge in [-0.1, -0.05) is 39.0 Å². The maximum absolute atomic E-state index is 13.3. The lowest BCUT2D eigenvalue weighted by Gasteiger charge is -2.33. The predicted octanol–water partition coefficient (Wildman–Crippen LogP) is 4.67. The Kier molecular flexibility index (Phi) is 6.52. The average molecular weight is 391 g/mol. The summed E-state index contributed by atoms with van der Waals surface area (Å²) in [6.07, 6.45) is 1.33. The number of nitrogens with zero attached hydrogens (tertiary/aromatic N) is 1. The van der Waals surface area contributed by atoms with Crippen molar-refractivity contribution in [1.82, 2.24) is 4.90 Å². The summed E-state index contributed by atoms with van der Waals surface area (Å²) in [7, 11) is 0. The van der Waals surface area contributed by atoms with Gasteiger partial charge in [0.2, 0.25) is 0 Å². The zero-order valence-corrected chi connectivity index (χ0v) is 17.5. The number of hydrogen-bond acceptors (Lipinski definition) is 4. The van der Waals surface area contributed by atoms with E-state index >= 15 is 0 Å². The molecule has 28 heavy (non-hydrogen) atoms. The van der Waals surface area contributed by atoms with Crippen LogP contribution in [0.5, 0.6) is 0 Å². The van der Waals surface area contributed by atoms with Crippen molar-refractivity contribution in [3.05, 3.63) is 41.7 Å². The third kappa shape index (κ3) is 6.36. The van der Waals surface area contributed by atoms with E-state index in [0.717, 1.165) is 11.1 Å². The molecule has 1 aromatic carbocycles. The maximum atomic E-state index is 13.3. The SMILES string of the molecule is CC(C)(C)COC(=O)[C@H]1CN(C(=O)OC(C)(C)C)CC=C1c1ccc(F)cc1. The molecule has 0 saturated carbocycles. The molecule has 1 atom stereocenters. The van der Waals surface area contributed by atoms with Crippen LogP contribution in [0.15, 0.2) is 30.3 Å². The van der Waals surface area contributed by atoms with Gasteiger partial charge < -0.3 is 14.4 Å². The molecular formula is C22H30FNO4. The number of carbonyl (C=O) groups excluding carboxylic acids is 2. The summed E-state index contributed by atoms with van der Waals surface area (Å²) in [5.74, 6) is -1.41. The second-order valence-corrected chi connectivity index (χ2v) is 9.27. The summed E-state index contributed by atoms with van der Waals surface area (Å²) in [5, 5.41) is 0. The summed E-state index contributed by atoms with van der Waals surface area (Å²) in [4.78, 5) is 26.8. The number of hydrogen-bond donors (Lipinski definition) is 0. The van der Waals surface area contributed by atoms with Crippen LogP contribution >= 0.6 is 0 Å². The highest BCUT2D eigenvalue weighted by atomic mass is 19.1. The van der Waals surface area contributed by atoms with Gasteiger partial charge in [-0.15, -0.1) is 0 Å². The van der Waals surface area contributed by atoms with Crippen LogP contribution in [-0.4, -0.2) is 42.3 Å². The Labute approximate surface area is 166 Å². The molecule has 0 aliphatic carbocycles. The van der Waals surface area contributed by atoms with Gasteiger partial charge in [0.1, 0.15) is 11.4 Å². The Hall–Kier alpha value is -2.37. The minimum absolute atomic E-state index is 0.154. The molecule has 1 heterocycles. The van der Waals surface area contributed by atoms with E-state index in [1.165, 1.54) is 17.0 Å². The number of halogens is 1. The van der Waals surface area contributed by atoms with Gasteiger partial charge in [-0.05, 0) is 49.5 Å². The van der Waals surface area contributed by atoms with Crippen molar-refractivity contribution in [1.29, 1.82) is 0 Å². The van der Waals surface area contributed by atoms with Gasteiger partial charge in [0.15, 0.2) is 0 Å². The van der Waals surface area contributed by atoms with Gasteiger partial charge in [-0.2, -0.15) is 0 Å². The lowest BCUT2D eigenvalue weighted by molar-refractivity contribution is -0.149. The highest BCUT2D eigenvalue weighted by Crippen LogP contribution is 2.30. The predicted molar refractivity (Wildman–Crippen MR) is 106 cm³/mol. The molecule has 0 spiro atoms. The Bertz CT molecular complexity index is 741. The summed E-state index contributed by atoms with van der Waals surface area (Å²) < 4.78 is 24.3. The van der Waals surface area contributed by atoms with Crippen LogP contribution in [0, 0.1) is 17.2 Å². The molecule has 1 amide bonds. The fourth-order valence-corrected chi connectivity index (χ4v) is 2.77. The highest BCUT2D eigenvalue weighted by Gasteiger charge is 2.35. The average Bonchev–Trinajstić information content (AvgIpc) is 2.58. The summed E-state index contributed by atoms with van der Waals surface area (Å²) >= 11 is 0. The standard InChI is InChI=1S/C22H30FNO4/c1-21(2,3)14-27-19(25)18-13-24(20(26)28-22(4,5)6)12-11-17(18)15-7-9-16(23)10-8-15/h7-11,18H,12-14H2,1-6H3/t18-/m0/s1. The molecule has 1 aromatic rings. The molecule has 0 N–H and O–H groups in total. The molecule has 0 fully saturated rings. The summed E-state index contributed by atoms with van der Waals surface area (Å²) in [5.41, 5.74) is 0.677. The van der Waals surface area contributed by atoms with Crippen molar-refractivity contribution < 1.29 is 23.5 Å². The number of ether oxygens (including phenoxy) is 2. The van der Waals surface area contributed by atoms with Crippen LogP contribution < -0.4 is 0 Å². The van der Waals surface area contributed by atoms with E-state index in [9.17, 15) is 14.0 Å². The van der Waals surface area contributed by atoms with E-state index in [1.54, 1.807) is 32.9 Å². The fourth-order valence-electron chi connectivity index (χ4n) is 2.77. The second kappa shape index (κ2) is 8.33. The maximum Gasteiger partial charge on any atom is 0.410 e. The van der Waals surface area contributed by atoms with Crippen LogP contribution in [-0.2, 0) is 14.3 Å². The number of amides is 1. The molecule has 0 radical (unpaired) electrons. The third-order valence-corrected chi connectivity index (χ3v) is 4.07. The van der Waals surface area contributed by atoms with Crippen LogP contribution in [0.3, 0.4) is 0 Å². The van der Waals surface area contributed by atoms with E-state index in [-0.39, 0.29) is 24.4 Å². The minimum atomic E-state index is -0.658. The van der Waals surface area contributed by atoms with E-state index in [4.69, 9.17) is 9.47 Å². The number of rotatable bonds is 3. The van der Waals surface area contributed by atoms with Gasteiger partial charge in [0.05, 0.1) is 12.5 Å². The Morgan fingerprint density at radius 1 is 1.11 bits per heavy atom. The van der Waals surface area contributed by atoms with E-state index < -0.39 is 23.6 Å². The molecule has 0 bridgehead atoms. The first kappa shape index (κ1) is 21.9. The van der Waals surface area contributed by atoms with Crippen LogP contribution in [0.4, 0.5) is 9.18 Å². The normalized spacial score (nSPS) is 17.8. The van der Waals surface area contributed by atoms with Gasteiger partial charge in [0, 0.05) is 13.1 Å². The quantitative estimate of drug-likeness (QED) is 0.703. The van der Waals surface area contributed by atoms with E-state index in [2.05, 4.69) is 0 Å². The molecule has 1 aliphatic rings. The molecule has 0 unspecified atom stereocenters. The lowest BCUT2D eigenvalue weighted by Crippen LogP contribution is -2.44. The van der Waals surface area contributed by atoms with Crippen molar-refractivity contribution in [2.24, 2.45) is 11.3 Å². The largest absolute Gasteiger partial charge is 0.465 e. The van der Waals surface area contributed by atoms with Crippen molar-refractivity contribution in [3.8, 4) is 0 Å².